The standard InChI is InChI=1S/C46H36N2S/c1-3-28-46(4-2)39-22-10-8-18-36(39)37-21-13-20-35(41(37)46)31-26-24-30(25-27-31)33-16-12-17-34(29-33)42-44-43(38-19-9-11-23-40(38)49-44)48-45(47-42)32-14-6-5-7-15-32/h5-27,29H,3-4,28H2,1-2H3. The predicted octanol–water partition coefficient (Wildman–Crippen LogP) is 13.0. The Hall–Kier alpha value is -5.38. The number of rotatable bonds is 7. The second-order valence-corrected chi connectivity index (χ2v) is 14.2. The van der Waals surface area contributed by atoms with Crippen LogP contribution in [0.5, 0.6) is 0 Å². The molecule has 2 nitrogen and oxygen atoms in total. The summed E-state index contributed by atoms with van der Waals surface area (Å²) in [5, 5.41) is 1.18. The Balaban J connectivity index is 1.14. The summed E-state index contributed by atoms with van der Waals surface area (Å²) in [6.45, 7) is 4.68. The van der Waals surface area contributed by atoms with Gasteiger partial charge in [-0.2, -0.15) is 0 Å². The molecule has 1 unspecified atom stereocenters. The molecule has 0 amide bonds. The van der Waals surface area contributed by atoms with Crippen LogP contribution in [0, 0.1) is 0 Å². The van der Waals surface area contributed by atoms with E-state index in [0.29, 0.717) is 0 Å². The molecular weight excluding hydrogens is 613 g/mol. The van der Waals surface area contributed by atoms with E-state index in [4.69, 9.17) is 9.97 Å². The normalized spacial score (nSPS) is 15.1. The van der Waals surface area contributed by atoms with Crippen LogP contribution < -0.4 is 0 Å². The Morgan fingerprint density at radius 3 is 2.06 bits per heavy atom. The molecule has 2 aromatic heterocycles. The number of benzene rings is 6. The van der Waals surface area contributed by atoms with E-state index in [2.05, 4.69) is 141 Å². The van der Waals surface area contributed by atoms with E-state index in [1.54, 1.807) is 11.3 Å². The van der Waals surface area contributed by atoms with Crippen LogP contribution in [0.1, 0.15) is 44.2 Å². The van der Waals surface area contributed by atoms with Gasteiger partial charge >= 0.3 is 0 Å². The number of nitrogens with zero attached hydrogens (tertiary/aromatic N) is 2. The smallest absolute Gasteiger partial charge is 0.160 e. The minimum Gasteiger partial charge on any atom is -0.226 e. The summed E-state index contributed by atoms with van der Waals surface area (Å²) >= 11 is 1.77. The molecule has 0 saturated carbocycles. The summed E-state index contributed by atoms with van der Waals surface area (Å²) in [4.78, 5) is 10.3. The molecule has 0 fully saturated rings. The van der Waals surface area contributed by atoms with Gasteiger partial charge in [-0.05, 0) is 69.5 Å². The molecule has 1 aliphatic carbocycles. The minimum absolute atomic E-state index is 0.0400. The molecular formula is C46H36N2S. The van der Waals surface area contributed by atoms with Crippen LogP contribution in [0.3, 0.4) is 0 Å². The largest absolute Gasteiger partial charge is 0.226 e. The third-order valence-corrected chi connectivity index (χ3v) is 11.6. The van der Waals surface area contributed by atoms with Gasteiger partial charge in [-0.3, -0.25) is 0 Å². The number of fused-ring (bicyclic) bond motifs is 6. The van der Waals surface area contributed by atoms with Gasteiger partial charge < -0.3 is 0 Å². The molecule has 0 N–H and O–H groups in total. The lowest BCUT2D eigenvalue weighted by Crippen LogP contribution is -2.24. The second-order valence-electron chi connectivity index (χ2n) is 13.2. The quantitative estimate of drug-likeness (QED) is 0.172. The van der Waals surface area contributed by atoms with E-state index in [1.165, 1.54) is 54.6 Å². The molecule has 8 aromatic rings. The highest BCUT2D eigenvalue weighted by atomic mass is 32.1. The van der Waals surface area contributed by atoms with Crippen molar-refractivity contribution >= 4 is 31.6 Å². The summed E-state index contributed by atoms with van der Waals surface area (Å²) in [5.74, 6) is 0.755. The first kappa shape index (κ1) is 29.7. The Morgan fingerprint density at radius 2 is 1.22 bits per heavy atom. The maximum absolute atomic E-state index is 5.21. The van der Waals surface area contributed by atoms with E-state index in [1.807, 2.05) is 18.2 Å². The highest BCUT2D eigenvalue weighted by Crippen LogP contribution is 2.56. The zero-order chi connectivity index (χ0) is 33.0. The summed E-state index contributed by atoms with van der Waals surface area (Å²) < 4.78 is 2.35. The minimum atomic E-state index is 0.0400. The average Bonchev–Trinajstić information content (AvgIpc) is 3.69. The van der Waals surface area contributed by atoms with Crippen molar-refractivity contribution < 1.29 is 0 Å². The van der Waals surface area contributed by atoms with E-state index >= 15 is 0 Å². The molecule has 6 aromatic carbocycles. The highest BCUT2D eigenvalue weighted by molar-refractivity contribution is 7.26. The molecule has 0 saturated heterocycles. The van der Waals surface area contributed by atoms with E-state index in [-0.39, 0.29) is 5.41 Å². The van der Waals surface area contributed by atoms with Crippen LogP contribution in [0.25, 0.3) is 76.3 Å². The van der Waals surface area contributed by atoms with Gasteiger partial charge in [0.25, 0.3) is 0 Å². The zero-order valence-electron chi connectivity index (χ0n) is 27.8. The van der Waals surface area contributed by atoms with E-state index in [9.17, 15) is 0 Å². The lowest BCUT2D eigenvalue weighted by Gasteiger charge is -2.32. The third kappa shape index (κ3) is 4.75. The van der Waals surface area contributed by atoms with Crippen molar-refractivity contribution in [3.63, 3.8) is 0 Å². The van der Waals surface area contributed by atoms with Gasteiger partial charge in [0.1, 0.15) is 0 Å². The predicted molar refractivity (Wildman–Crippen MR) is 208 cm³/mol. The third-order valence-electron chi connectivity index (χ3n) is 10.5. The molecule has 2 heterocycles. The number of aromatic nitrogens is 2. The maximum Gasteiger partial charge on any atom is 0.160 e. The van der Waals surface area contributed by atoms with Gasteiger partial charge in [-0.15, -0.1) is 11.3 Å². The van der Waals surface area contributed by atoms with E-state index < -0.39 is 0 Å². The van der Waals surface area contributed by atoms with Gasteiger partial charge in [0, 0.05) is 26.6 Å². The summed E-state index contributed by atoms with van der Waals surface area (Å²) in [6, 6.07) is 52.9. The first-order chi connectivity index (χ1) is 24.2. The molecule has 1 aliphatic rings. The molecule has 236 valence electrons. The van der Waals surface area contributed by atoms with Crippen LogP contribution in [0.15, 0.2) is 146 Å². The van der Waals surface area contributed by atoms with Crippen molar-refractivity contribution in [2.45, 2.75) is 38.5 Å². The fraction of sp³-hybridized carbons (Fsp3) is 0.130. The summed E-state index contributed by atoms with van der Waals surface area (Å²) in [7, 11) is 0. The zero-order valence-corrected chi connectivity index (χ0v) is 28.6. The Kier molecular flexibility index (Phi) is 7.25. The SMILES string of the molecule is CCCC1(CC)c2ccccc2-c2cccc(-c3ccc(-c4cccc(-c5nc(-c6ccccc6)nc6c5sc5ccccc56)c4)cc3)c21. The topological polar surface area (TPSA) is 25.8 Å². The molecule has 3 heteroatoms. The van der Waals surface area contributed by atoms with Gasteiger partial charge in [-0.25, -0.2) is 9.97 Å². The fourth-order valence-electron chi connectivity index (χ4n) is 8.22. The van der Waals surface area contributed by atoms with Crippen LogP contribution >= 0.6 is 11.3 Å². The first-order valence-corrected chi connectivity index (χ1v) is 18.2. The molecule has 49 heavy (non-hydrogen) atoms. The number of hydrogen-bond acceptors (Lipinski definition) is 3. The lowest BCUT2D eigenvalue weighted by molar-refractivity contribution is 0.462. The van der Waals surface area contributed by atoms with Gasteiger partial charge in [-0.1, -0.05) is 154 Å². The average molecular weight is 649 g/mol. The number of hydrogen-bond donors (Lipinski definition) is 0. The van der Waals surface area contributed by atoms with Crippen LogP contribution in [-0.2, 0) is 5.41 Å². The van der Waals surface area contributed by atoms with Crippen molar-refractivity contribution in [2.24, 2.45) is 0 Å². The first-order valence-electron chi connectivity index (χ1n) is 17.4. The molecule has 0 aliphatic heterocycles. The van der Waals surface area contributed by atoms with Crippen molar-refractivity contribution in [3.05, 3.63) is 157 Å². The van der Waals surface area contributed by atoms with Crippen LogP contribution in [0.4, 0.5) is 0 Å². The second kappa shape index (κ2) is 11.9. The van der Waals surface area contributed by atoms with E-state index in [0.717, 1.165) is 52.1 Å². The molecule has 0 radical (unpaired) electrons. The van der Waals surface area contributed by atoms with Gasteiger partial charge in [0.05, 0.1) is 15.9 Å². The van der Waals surface area contributed by atoms with Gasteiger partial charge in [0.2, 0.25) is 0 Å². The summed E-state index contributed by atoms with van der Waals surface area (Å²) in [5.41, 5.74) is 14.9. The van der Waals surface area contributed by atoms with Crippen molar-refractivity contribution in [1.82, 2.24) is 9.97 Å². The van der Waals surface area contributed by atoms with Crippen molar-refractivity contribution in [1.29, 1.82) is 0 Å². The fourth-order valence-corrected chi connectivity index (χ4v) is 9.38. The molecule has 0 bridgehead atoms. The molecule has 9 rings (SSSR count). The monoisotopic (exact) mass is 648 g/mol. The summed E-state index contributed by atoms with van der Waals surface area (Å²) in [6.07, 6.45) is 3.39. The molecule has 0 spiro atoms. The van der Waals surface area contributed by atoms with Crippen LogP contribution in [-0.4, -0.2) is 9.97 Å². The Labute approximate surface area is 291 Å². The molecule has 1 atom stereocenters. The van der Waals surface area contributed by atoms with Gasteiger partial charge in [0.15, 0.2) is 5.82 Å². The number of thiophene rings is 1. The van der Waals surface area contributed by atoms with Crippen molar-refractivity contribution in [2.75, 3.05) is 0 Å². The lowest BCUT2D eigenvalue weighted by atomic mass is 9.70. The Bertz CT molecular complexity index is 2490. The van der Waals surface area contributed by atoms with Crippen molar-refractivity contribution in [3.8, 4) is 56.0 Å². The maximum atomic E-state index is 5.21. The Morgan fingerprint density at radius 1 is 0.551 bits per heavy atom. The van der Waals surface area contributed by atoms with Crippen LogP contribution in [0.2, 0.25) is 0 Å². The highest BCUT2D eigenvalue weighted by Gasteiger charge is 2.42.